The highest BCUT2D eigenvalue weighted by Crippen LogP contribution is 2.25. The first-order valence-electron chi connectivity index (χ1n) is 6.93. The maximum atomic E-state index is 6.13. The van der Waals surface area contributed by atoms with E-state index < -0.39 is 0 Å². The highest BCUT2D eigenvalue weighted by Gasteiger charge is 2.15. The highest BCUT2D eigenvalue weighted by molar-refractivity contribution is 5.91. The molecule has 0 bridgehead atoms. The monoisotopic (exact) mass is 281 g/mol. The maximum absolute atomic E-state index is 6.13. The van der Waals surface area contributed by atoms with E-state index in [1.807, 2.05) is 32.3 Å². The SMILES string of the molecule is CC(C)(N)Cc1c[nH]c2c(/C=C/n3cncn3)cccc12. The van der Waals surface area contributed by atoms with Gasteiger partial charge in [0.25, 0.3) is 0 Å². The molecule has 108 valence electrons. The predicted octanol–water partition coefficient (Wildman–Crippen LogP) is 2.67. The van der Waals surface area contributed by atoms with Crippen molar-refractivity contribution in [2.75, 3.05) is 0 Å². The van der Waals surface area contributed by atoms with E-state index in [2.05, 4.69) is 33.3 Å². The first kappa shape index (κ1) is 13.6. The molecule has 0 unspecified atom stereocenters. The zero-order chi connectivity index (χ0) is 14.9. The van der Waals surface area contributed by atoms with Crippen molar-refractivity contribution in [3.63, 3.8) is 0 Å². The van der Waals surface area contributed by atoms with E-state index in [1.54, 1.807) is 11.0 Å². The van der Waals surface area contributed by atoms with Crippen LogP contribution in [0, 0.1) is 0 Å². The van der Waals surface area contributed by atoms with Crippen LogP contribution < -0.4 is 5.73 Å². The molecule has 0 amide bonds. The molecule has 3 aromatic rings. The summed E-state index contributed by atoms with van der Waals surface area (Å²) in [4.78, 5) is 7.28. The molecule has 1 aromatic carbocycles. The van der Waals surface area contributed by atoms with Crippen LogP contribution in [0.5, 0.6) is 0 Å². The Hall–Kier alpha value is -2.40. The molecule has 0 fully saturated rings. The van der Waals surface area contributed by atoms with Crippen LogP contribution >= 0.6 is 0 Å². The van der Waals surface area contributed by atoms with Crippen molar-refractivity contribution < 1.29 is 0 Å². The largest absolute Gasteiger partial charge is 0.360 e. The zero-order valence-electron chi connectivity index (χ0n) is 12.2. The van der Waals surface area contributed by atoms with Crippen molar-refractivity contribution in [2.45, 2.75) is 25.8 Å². The van der Waals surface area contributed by atoms with Crippen LogP contribution in [-0.2, 0) is 6.42 Å². The Morgan fingerprint density at radius 2 is 2.24 bits per heavy atom. The molecule has 0 saturated heterocycles. The Labute approximate surface area is 123 Å². The normalized spacial score (nSPS) is 12.5. The topological polar surface area (TPSA) is 72.5 Å². The summed E-state index contributed by atoms with van der Waals surface area (Å²) in [6, 6.07) is 6.26. The molecule has 3 rings (SSSR count). The summed E-state index contributed by atoms with van der Waals surface area (Å²) in [6.45, 7) is 4.08. The molecule has 3 N–H and O–H groups in total. The average Bonchev–Trinajstić information content (AvgIpc) is 3.05. The van der Waals surface area contributed by atoms with E-state index in [0.717, 1.165) is 17.5 Å². The number of aromatic amines is 1. The summed E-state index contributed by atoms with van der Waals surface area (Å²) >= 11 is 0. The van der Waals surface area contributed by atoms with Gasteiger partial charge in [-0.15, -0.1) is 0 Å². The van der Waals surface area contributed by atoms with E-state index >= 15 is 0 Å². The number of hydrogen-bond donors (Lipinski definition) is 2. The minimum atomic E-state index is -0.221. The third-order valence-electron chi connectivity index (χ3n) is 3.32. The second kappa shape index (κ2) is 5.18. The summed E-state index contributed by atoms with van der Waals surface area (Å²) in [5.41, 5.74) is 9.39. The number of hydrogen-bond acceptors (Lipinski definition) is 3. The average molecular weight is 281 g/mol. The van der Waals surface area contributed by atoms with Crippen LogP contribution in [-0.4, -0.2) is 25.3 Å². The van der Waals surface area contributed by atoms with E-state index in [9.17, 15) is 0 Å². The fourth-order valence-corrected chi connectivity index (χ4v) is 2.46. The van der Waals surface area contributed by atoms with Gasteiger partial charge < -0.3 is 10.7 Å². The second-order valence-electron chi connectivity index (χ2n) is 5.94. The van der Waals surface area contributed by atoms with Crippen LogP contribution in [0.15, 0.2) is 37.1 Å². The van der Waals surface area contributed by atoms with Gasteiger partial charge in [0, 0.05) is 28.9 Å². The van der Waals surface area contributed by atoms with E-state index in [-0.39, 0.29) is 5.54 Å². The molecular formula is C16H19N5. The first-order valence-corrected chi connectivity index (χ1v) is 6.93. The number of fused-ring (bicyclic) bond motifs is 1. The van der Waals surface area contributed by atoms with Crippen molar-refractivity contribution in [3.05, 3.63) is 48.2 Å². The number of nitrogens with one attached hydrogen (secondary N) is 1. The summed E-state index contributed by atoms with van der Waals surface area (Å²) < 4.78 is 1.67. The lowest BCUT2D eigenvalue weighted by Gasteiger charge is -2.17. The third kappa shape index (κ3) is 3.03. The van der Waals surface area contributed by atoms with Crippen LogP contribution in [0.4, 0.5) is 0 Å². The van der Waals surface area contributed by atoms with Crippen LogP contribution in [0.3, 0.4) is 0 Å². The molecule has 0 aliphatic rings. The number of para-hydroxylation sites is 1. The Morgan fingerprint density at radius 1 is 1.38 bits per heavy atom. The van der Waals surface area contributed by atoms with Crippen LogP contribution in [0.25, 0.3) is 23.2 Å². The molecule has 5 heteroatoms. The molecule has 5 nitrogen and oxygen atoms in total. The van der Waals surface area contributed by atoms with Gasteiger partial charge in [0.2, 0.25) is 0 Å². The highest BCUT2D eigenvalue weighted by atomic mass is 15.3. The molecule has 2 heterocycles. The third-order valence-corrected chi connectivity index (χ3v) is 3.32. The fourth-order valence-electron chi connectivity index (χ4n) is 2.46. The molecule has 0 aliphatic carbocycles. The Balaban J connectivity index is 1.98. The number of aromatic nitrogens is 4. The molecule has 0 radical (unpaired) electrons. The molecule has 21 heavy (non-hydrogen) atoms. The van der Waals surface area contributed by atoms with Gasteiger partial charge in [0.15, 0.2) is 0 Å². The minimum Gasteiger partial charge on any atom is -0.360 e. The van der Waals surface area contributed by atoms with Crippen LogP contribution in [0.2, 0.25) is 0 Å². The summed E-state index contributed by atoms with van der Waals surface area (Å²) in [7, 11) is 0. The number of benzene rings is 1. The Bertz CT molecular complexity index is 760. The number of rotatable bonds is 4. The molecule has 0 spiro atoms. The lowest BCUT2D eigenvalue weighted by Crippen LogP contribution is -2.34. The van der Waals surface area contributed by atoms with Gasteiger partial charge in [0.1, 0.15) is 12.7 Å². The molecule has 2 aromatic heterocycles. The first-order chi connectivity index (χ1) is 10.0. The molecule has 0 atom stereocenters. The van der Waals surface area contributed by atoms with Crippen molar-refractivity contribution in [1.29, 1.82) is 0 Å². The predicted molar refractivity (Wildman–Crippen MR) is 85.5 cm³/mol. The van der Waals surface area contributed by atoms with Gasteiger partial charge in [-0.05, 0) is 31.9 Å². The minimum absolute atomic E-state index is 0.221. The maximum Gasteiger partial charge on any atom is 0.138 e. The summed E-state index contributed by atoms with van der Waals surface area (Å²) in [6.07, 6.45) is 9.96. The molecular weight excluding hydrogens is 262 g/mol. The summed E-state index contributed by atoms with van der Waals surface area (Å²) in [5, 5.41) is 5.27. The van der Waals surface area contributed by atoms with Crippen molar-refractivity contribution in [3.8, 4) is 0 Å². The van der Waals surface area contributed by atoms with Gasteiger partial charge in [-0.3, -0.25) is 0 Å². The number of nitrogens with zero attached hydrogens (tertiary/aromatic N) is 3. The van der Waals surface area contributed by atoms with Crippen molar-refractivity contribution >= 4 is 23.2 Å². The Kier molecular flexibility index (Phi) is 3.35. The standard InChI is InChI=1S/C16H19N5/c1-16(2,17)8-13-9-19-15-12(4-3-5-14(13)15)6-7-21-11-18-10-20-21/h3-7,9-11,19H,8,17H2,1-2H3/b7-6+. The van der Waals surface area contributed by atoms with E-state index in [0.29, 0.717) is 0 Å². The lowest BCUT2D eigenvalue weighted by molar-refractivity contribution is 0.518. The van der Waals surface area contributed by atoms with Gasteiger partial charge in [0.05, 0.1) is 5.52 Å². The quantitative estimate of drug-likeness (QED) is 0.772. The van der Waals surface area contributed by atoms with Gasteiger partial charge in [-0.1, -0.05) is 18.2 Å². The molecule has 0 saturated carbocycles. The fraction of sp³-hybridized carbons (Fsp3) is 0.250. The number of H-pyrrole nitrogens is 1. The van der Waals surface area contributed by atoms with E-state index in [1.165, 1.54) is 17.3 Å². The van der Waals surface area contributed by atoms with Gasteiger partial charge in [-0.2, -0.15) is 5.10 Å². The van der Waals surface area contributed by atoms with E-state index in [4.69, 9.17) is 5.73 Å². The summed E-state index contributed by atoms with van der Waals surface area (Å²) in [5.74, 6) is 0. The zero-order valence-corrected chi connectivity index (χ0v) is 12.2. The Morgan fingerprint density at radius 3 is 2.95 bits per heavy atom. The molecule has 0 aliphatic heterocycles. The van der Waals surface area contributed by atoms with Crippen LogP contribution in [0.1, 0.15) is 25.0 Å². The smallest absolute Gasteiger partial charge is 0.138 e. The van der Waals surface area contributed by atoms with Gasteiger partial charge >= 0.3 is 0 Å². The number of nitrogens with two attached hydrogens (primary N) is 1. The van der Waals surface area contributed by atoms with Crippen molar-refractivity contribution in [2.24, 2.45) is 5.73 Å². The second-order valence-corrected chi connectivity index (χ2v) is 5.94. The van der Waals surface area contributed by atoms with Crippen molar-refractivity contribution in [1.82, 2.24) is 19.7 Å². The lowest BCUT2D eigenvalue weighted by atomic mass is 9.95. The van der Waals surface area contributed by atoms with Gasteiger partial charge in [-0.25, -0.2) is 9.67 Å².